The predicted molar refractivity (Wildman–Crippen MR) is 78.2 cm³/mol. The van der Waals surface area contributed by atoms with Crippen LogP contribution in [0.15, 0.2) is 24.3 Å². The zero-order valence-electron chi connectivity index (χ0n) is 11.6. The second-order valence-electron chi connectivity index (χ2n) is 4.48. The zero-order chi connectivity index (χ0) is 13.2. The number of hydrogen-bond donors (Lipinski definition) is 1. The van der Waals surface area contributed by atoms with Crippen molar-refractivity contribution >= 4 is 0 Å². The molecular weight excluding hydrogens is 220 g/mol. The minimum absolute atomic E-state index is 0.419. The van der Waals surface area contributed by atoms with E-state index in [1.165, 1.54) is 31.5 Å². The summed E-state index contributed by atoms with van der Waals surface area (Å²) in [5.74, 6) is 5.92. The largest absolute Gasteiger partial charge is 0.320 e. The monoisotopic (exact) mass is 244 g/mol. The van der Waals surface area contributed by atoms with Crippen LogP contribution in [0.4, 0.5) is 0 Å². The van der Waals surface area contributed by atoms with Gasteiger partial charge >= 0.3 is 0 Å². The Labute approximate surface area is 111 Å². The Bertz CT molecular complexity index is 378. The standard InChI is InChI=1S/C16H24N2/c1-3-12-18(13-4-2)14-16-9-7-15(8-10-16)6-5-11-17/h7-10H,3-4,11-14,17H2,1-2H3. The van der Waals surface area contributed by atoms with Crippen molar-refractivity contribution in [3.8, 4) is 11.8 Å². The van der Waals surface area contributed by atoms with Gasteiger partial charge in [0.2, 0.25) is 0 Å². The summed E-state index contributed by atoms with van der Waals surface area (Å²) >= 11 is 0. The minimum Gasteiger partial charge on any atom is -0.320 e. The van der Waals surface area contributed by atoms with Crippen molar-refractivity contribution in [2.45, 2.75) is 33.2 Å². The molecule has 0 aliphatic carbocycles. The highest BCUT2D eigenvalue weighted by Crippen LogP contribution is 2.08. The van der Waals surface area contributed by atoms with Gasteiger partial charge in [0.1, 0.15) is 0 Å². The average molecular weight is 244 g/mol. The summed E-state index contributed by atoms with van der Waals surface area (Å²) in [6.45, 7) is 8.25. The third kappa shape index (κ3) is 5.35. The summed E-state index contributed by atoms with van der Waals surface area (Å²) in [5, 5.41) is 0. The van der Waals surface area contributed by atoms with Crippen molar-refractivity contribution in [3.05, 3.63) is 35.4 Å². The molecule has 98 valence electrons. The molecule has 0 atom stereocenters. The average Bonchev–Trinajstić information content (AvgIpc) is 2.38. The van der Waals surface area contributed by atoms with Gasteiger partial charge in [0.15, 0.2) is 0 Å². The molecule has 0 unspecified atom stereocenters. The van der Waals surface area contributed by atoms with Crippen LogP contribution < -0.4 is 5.73 Å². The lowest BCUT2D eigenvalue weighted by molar-refractivity contribution is 0.266. The Balaban J connectivity index is 2.60. The van der Waals surface area contributed by atoms with Gasteiger partial charge in [-0.3, -0.25) is 4.90 Å². The Morgan fingerprint density at radius 2 is 1.67 bits per heavy atom. The molecule has 2 heteroatoms. The quantitative estimate of drug-likeness (QED) is 0.779. The number of rotatable bonds is 6. The number of nitrogens with zero attached hydrogens (tertiary/aromatic N) is 1. The van der Waals surface area contributed by atoms with Crippen LogP contribution in [0.25, 0.3) is 0 Å². The van der Waals surface area contributed by atoms with Gasteiger partial charge in [0.25, 0.3) is 0 Å². The van der Waals surface area contributed by atoms with E-state index in [4.69, 9.17) is 5.73 Å². The normalized spacial score (nSPS) is 10.2. The van der Waals surface area contributed by atoms with E-state index in [2.05, 4.69) is 54.9 Å². The van der Waals surface area contributed by atoms with Crippen molar-refractivity contribution in [1.29, 1.82) is 0 Å². The van der Waals surface area contributed by atoms with Crippen LogP contribution >= 0.6 is 0 Å². The lowest BCUT2D eigenvalue weighted by Crippen LogP contribution is -2.24. The first-order chi connectivity index (χ1) is 8.80. The van der Waals surface area contributed by atoms with E-state index < -0.39 is 0 Å². The molecule has 0 saturated carbocycles. The molecular formula is C16H24N2. The number of hydrogen-bond acceptors (Lipinski definition) is 2. The van der Waals surface area contributed by atoms with Crippen LogP contribution in [0, 0.1) is 11.8 Å². The SMILES string of the molecule is CCCN(CCC)Cc1ccc(C#CCN)cc1. The molecule has 0 fully saturated rings. The fourth-order valence-electron chi connectivity index (χ4n) is 2.01. The number of benzene rings is 1. The fraction of sp³-hybridized carbons (Fsp3) is 0.500. The van der Waals surface area contributed by atoms with Gasteiger partial charge < -0.3 is 5.73 Å². The van der Waals surface area contributed by atoms with Gasteiger partial charge in [-0.25, -0.2) is 0 Å². The molecule has 1 aromatic rings. The second-order valence-corrected chi connectivity index (χ2v) is 4.48. The van der Waals surface area contributed by atoms with Crippen molar-refractivity contribution in [2.75, 3.05) is 19.6 Å². The molecule has 0 saturated heterocycles. The zero-order valence-corrected chi connectivity index (χ0v) is 11.6. The summed E-state index contributed by atoms with van der Waals surface area (Å²) in [4.78, 5) is 2.50. The minimum atomic E-state index is 0.419. The highest BCUT2D eigenvalue weighted by atomic mass is 15.1. The lowest BCUT2D eigenvalue weighted by Gasteiger charge is -2.20. The van der Waals surface area contributed by atoms with Crippen molar-refractivity contribution in [2.24, 2.45) is 5.73 Å². The smallest absolute Gasteiger partial charge is 0.0555 e. The van der Waals surface area contributed by atoms with Gasteiger partial charge in [-0.2, -0.15) is 0 Å². The molecule has 0 heterocycles. The van der Waals surface area contributed by atoms with Gasteiger partial charge in [0.05, 0.1) is 6.54 Å². The summed E-state index contributed by atoms with van der Waals surface area (Å²) < 4.78 is 0. The second kappa shape index (κ2) is 8.74. The van der Waals surface area contributed by atoms with E-state index >= 15 is 0 Å². The summed E-state index contributed by atoms with van der Waals surface area (Å²) in [5.41, 5.74) is 7.76. The fourth-order valence-corrected chi connectivity index (χ4v) is 2.01. The van der Waals surface area contributed by atoms with E-state index in [0.717, 1.165) is 12.1 Å². The molecule has 18 heavy (non-hydrogen) atoms. The maximum atomic E-state index is 5.36. The topological polar surface area (TPSA) is 29.3 Å². The predicted octanol–water partition coefficient (Wildman–Crippen LogP) is 2.62. The summed E-state index contributed by atoms with van der Waals surface area (Å²) in [6, 6.07) is 8.49. The highest BCUT2D eigenvalue weighted by Gasteiger charge is 2.03. The molecule has 0 bridgehead atoms. The molecule has 2 N–H and O–H groups in total. The molecule has 1 rings (SSSR count). The van der Waals surface area contributed by atoms with Crippen LogP contribution in [0.5, 0.6) is 0 Å². The Kier molecular flexibility index (Phi) is 7.17. The van der Waals surface area contributed by atoms with E-state index in [1.807, 2.05) is 0 Å². The van der Waals surface area contributed by atoms with Gasteiger partial charge in [0, 0.05) is 12.1 Å². The van der Waals surface area contributed by atoms with Crippen molar-refractivity contribution in [3.63, 3.8) is 0 Å². The molecule has 0 aliphatic heterocycles. The van der Waals surface area contributed by atoms with Crippen LogP contribution in [0.3, 0.4) is 0 Å². The Hall–Kier alpha value is -1.30. The first-order valence-corrected chi connectivity index (χ1v) is 6.80. The third-order valence-corrected chi connectivity index (χ3v) is 2.77. The van der Waals surface area contributed by atoms with Crippen LogP contribution in [0.1, 0.15) is 37.8 Å². The first kappa shape index (κ1) is 14.8. The van der Waals surface area contributed by atoms with Crippen molar-refractivity contribution < 1.29 is 0 Å². The molecule has 0 aromatic heterocycles. The Morgan fingerprint density at radius 3 is 2.17 bits per heavy atom. The highest BCUT2D eigenvalue weighted by molar-refractivity contribution is 5.36. The Morgan fingerprint density at radius 1 is 1.06 bits per heavy atom. The van der Waals surface area contributed by atoms with Crippen LogP contribution in [0.2, 0.25) is 0 Å². The third-order valence-electron chi connectivity index (χ3n) is 2.77. The first-order valence-electron chi connectivity index (χ1n) is 6.80. The van der Waals surface area contributed by atoms with E-state index in [1.54, 1.807) is 0 Å². The van der Waals surface area contributed by atoms with Gasteiger partial charge in [-0.1, -0.05) is 37.8 Å². The summed E-state index contributed by atoms with van der Waals surface area (Å²) in [7, 11) is 0. The maximum absolute atomic E-state index is 5.36. The molecule has 0 radical (unpaired) electrons. The van der Waals surface area contributed by atoms with Gasteiger partial charge in [-0.05, 0) is 43.6 Å². The maximum Gasteiger partial charge on any atom is 0.0555 e. The van der Waals surface area contributed by atoms with E-state index in [0.29, 0.717) is 6.54 Å². The van der Waals surface area contributed by atoms with Crippen LogP contribution in [-0.4, -0.2) is 24.5 Å². The molecule has 2 nitrogen and oxygen atoms in total. The summed E-state index contributed by atoms with van der Waals surface area (Å²) in [6.07, 6.45) is 2.42. The molecule has 0 spiro atoms. The van der Waals surface area contributed by atoms with Gasteiger partial charge in [-0.15, -0.1) is 0 Å². The molecule has 0 amide bonds. The molecule has 1 aromatic carbocycles. The van der Waals surface area contributed by atoms with Crippen molar-refractivity contribution in [1.82, 2.24) is 4.90 Å². The lowest BCUT2D eigenvalue weighted by atomic mass is 10.1. The number of nitrogens with two attached hydrogens (primary N) is 1. The van der Waals surface area contributed by atoms with Crippen LogP contribution in [-0.2, 0) is 6.54 Å². The van der Waals surface area contributed by atoms with E-state index in [-0.39, 0.29) is 0 Å². The molecule has 0 aliphatic rings. The van der Waals surface area contributed by atoms with E-state index in [9.17, 15) is 0 Å².